The molecule has 1 aliphatic heterocycles. The Kier molecular flexibility index (Phi) is 2.46. The minimum Gasteiger partial charge on any atom is -0.507 e. The molecular formula is C14H19NOS. The van der Waals surface area contributed by atoms with E-state index in [9.17, 15) is 5.11 Å². The Morgan fingerprint density at radius 2 is 2.12 bits per heavy atom. The molecule has 0 radical (unpaired) electrons. The second-order valence-corrected chi connectivity index (χ2v) is 7.04. The third-order valence-corrected chi connectivity index (χ3v) is 5.87. The van der Waals surface area contributed by atoms with Gasteiger partial charge in [-0.05, 0) is 55.9 Å². The van der Waals surface area contributed by atoms with Gasteiger partial charge in [0.05, 0.1) is 0 Å². The minimum atomic E-state index is 0.0954. The fourth-order valence-electron chi connectivity index (χ4n) is 3.15. The number of hydrogen-bond acceptors (Lipinski definition) is 3. The lowest BCUT2D eigenvalue weighted by Gasteiger charge is -2.47. The Labute approximate surface area is 107 Å². The highest BCUT2D eigenvalue weighted by molar-refractivity contribution is 8.00. The molecule has 1 atom stereocenters. The molecule has 1 spiro atoms. The molecule has 1 fully saturated rings. The molecule has 2 nitrogen and oxygen atoms in total. The summed E-state index contributed by atoms with van der Waals surface area (Å²) in [4.78, 5) is 1.30. The molecule has 1 aliphatic carbocycles. The van der Waals surface area contributed by atoms with Crippen molar-refractivity contribution >= 4 is 11.8 Å². The van der Waals surface area contributed by atoms with E-state index in [1.165, 1.54) is 29.7 Å². The van der Waals surface area contributed by atoms with Gasteiger partial charge in [-0.25, -0.2) is 0 Å². The first kappa shape index (κ1) is 11.4. The van der Waals surface area contributed by atoms with E-state index in [4.69, 9.17) is 5.73 Å². The van der Waals surface area contributed by atoms with Crippen molar-refractivity contribution in [2.45, 2.75) is 55.2 Å². The summed E-state index contributed by atoms with van der Waals surface area (Å²) < 4.78 is 0.405. The van der Waals surface area contributed by atoms with Crippen LogP contribution in [0.15, 0.2) is 11.0 Å². The number of aryl methyl sites for hydroxylation is 1. The predicted molar refractivity (Wildman–Crippen MR) is 71.6 cm³/mol. The maximum atomic E-state index is 10.0. The number of phenolic OH excluding ortho intramolecular Hbond substituents is 1. The molecule has 1 heterocycles. The summed E-state index contributed by atoms with van der Waals surface area (Å²) in [6.07, 6.45) is 4.99. The number of rotatable bonds is 0. The van der Waals surface area contributed by atoms with Gasteiger partial charge in [0.25, 0.3) is 0 Å². The first-order valence-electron chi connectivity index (χ1n) is 6.30. The Balaban J connectivity index is 2.11. The van der Waals surface area contributed by atoms with Gasteiger partial charge in [0.15, 0.2) is 0 Å². The van der Waals surface area contributed by atoms with Crippen LogP contribution in [-0.2, 0) is 0 Å². The van der Waals surface area contributed by atoms with Crippen LogP contribution in [-0.4, -0.2) is 9.85 Å². The number of phenols is 1. The molecule has 2 aliphatic rings. The van der Waals surface area contributed by atoms with Crippen molar-refractivity contribution in [3.8, 4) is 5.75 Å². The van der Waals surface area contributed by atoms with E-state index in [1.807, 2.05) is 25.6 Å². The first-order chi connectivity index (χ1) is 8.02. The van der Waals surface area contributed by atoms with Crippen LogP contribution in [0.4, 0.5) is 0 Å². The summed E-state index contributed by atoms with van der Waals surface area (Å²) in [5, 5.41) is 10.0. The largest absolute Gasteiger partial charge is 0.507 e. The van der Waals surface area contributed by atoms with Gasteiger partial charge in [0, 0.05) is 15.7 Å². The van der Waals surface area contributed by atoms with Gasteiger partial charge in [-0.2, -0.15) is 0 Å². The van der Waals surface area contributed by atoms with Gasteiger partial charge in [-0.3, -0.25) is 0 Å². The van der Waals surface area contributed by atoms with Crippen LogP contribution in [0.1, 0.15) is 48.4 Å². The molecule has 1 saturated carbocycles. The molecule has 0 amide bonds. The van der Waals surface area contributed by atoms with E-state index in [2.05, 4.69) is 6.07 Å². The standard InChI is InChI=1S/C14H19NOS/c1-8-6-11-12(9(2)13(8)16)10(15)7-14(17-11)4-3-5-14/h6,10,16H,3-5,7,15H2,1-2H3. The molecule has 1 unspecified atom stereocenters. The average molecular weight is 249 g/mol. The Hall–Kier alpha value is -0.670. The van der Waals surface area contributed by atoms with Crippen molar-refractivity contribution in [1.29, 1.82) is 0 Å². The van der Waals surface area contributed by atoms with Crippen LogP contribution < -0.4 is 5.73 Å². The number of benzene rings is 1. The Morgan fingerprint density at radius 1 is 1.41 bits per heavy atom. The lowest BCUT2D eigenvalue weighted by molar-refractivity contribution is 0.313. The molecule has 3 heteroatoms. The summed E-state index contributed by atoms with van der Waals surface area (Å²) in [6.45, 7) is 3.96. The molecular weight excluding hydrogens is 230 g/mol. The van der Waals surface area contributed by atoms with Gasteiger partial charge >= 0.3 is 0 Å². The van der Waals surface area contributed by atoms with Crippen molar-refractivity contribution in [2.75, 3.05) is 0 Å². The number of fused-ring (bicyclic) bond motifs is 1. The van der Waals surface area contributed by atoms with Crippen molar-refractivity contribution in [3.05, 3.63) is 22.8 Å². The van der Waals surface area contributed by atoms with E-state index in [1.54, 1.807) is 0 Å². The first-order valence-corrected chi connectivity index (χ1v) is 7.12. The molecule has 3 N–H and O–H groups in total. The lowest BCUT2D eigenvalue weighted by atomic mass is 9.77. The van der Waals surface area contributed by atoms with E-state index >= 15 is 0 Å². The van der Waals surface area contributed by atoms with Crippen molar-refractivity contribution < 1.29 is 5.11 Å². The quantitative estimate of drug-likeness (QED) is 0.740. The SMILES string of the molecule is Cc1cc2c(c(C)c1O)C(N)CC1(CCC1)S2. The van der Waals surface area contributed by atoms with Gasteiger partial charge < -0.3 is 10.8 Å². The van der Waals surface area contributed by atoms with Gasteiger partial charge in [0.2, 0.25) is 0 Å². The number of hydrogen-bond donors (Lipinski definition) is 2. The van der Waals surface area contributed by atoms with Crippen LogP contribution >= 0.6 is 11.8 Å². The second kappa shape index (κ2) is 3.66. The number of thioether (sulfide) groups is 1. The molecule has 0 saturated heterocycles. The zero-order valence-electron chi connectivity index (χ0n) is 10.4. The Bertz CT molecular complexity index is 480. The van der Waals surface area contributed by atoms with Crippen LogP contribution in [0.25, 0.3) is 0 Å². The van der Waals surface area contributed by atoms with Crippen molar-refractivity contribution in [1.82, 2.24) is 0 Å². The van der Waals surface area contributed by atoms with Crippen LogP contribution in [0.2, 0.25) is 0 Å². The molecule has 92 valence electrons. The zero-order valence-corrected chi connectivity index (χ0v) is 11.2. The van der Waals surface area contributed by atoms with Crippen molar-refractivity contribution in [2.24, 2.45) is 5.73 Å². The summed E-state index contributed by atoms with van der Waals surface area (Å²) in [5.74, 6) is 0.421. The molecule has 0 aromatic heterocycles. The highest BCUT2D eigenvalue weighted by Crippen LogP contribution is 2.57. The molecule has 0 bridgehead atoms. The fourth-order valence-corrected chi connectivity index (χ4v) is 5.02. The van der Waals surface area contributed by atoms with E-state index < -0.39 is 0 Å². The predicted octanol–water partition coefficient (Wildman–Crippen LogP) is 3.43. The lowest BCUT2D eigenvalue weighted by Crippen LogP contribution is -2.40. The van der Waals surface area contributed by atoms with Gasteiger partial charge in [0.1, 0.15) is 5.75 Å². The minimum absolute atomic E-state index is 0.0954. The van der Waals surface area contributed by atoms with E-state index in [0.29, 0.717) is 10.5 Å². The third kappa shape index (κ3) is 1.59. The van der Waals surface area contributed by atoms with Crippen LogP contribution in [0.3, 0.4) is 0 Å². The molecule has 17 heavy (non-hydrogen) atoms. The maximum absolute atomic E-state index is 10.0. The molecule has 1 aromatic rings. The topological polar surface area (TPSA) is 46.2 Å². The number of nitrogens with two attached hydrogens (primary N) is 1. The average Bonchev–Trinajstić information content (AvgIpc) is 2.23. The number of aromatic hydroxyl groups is 1. The van der Waals surface area contributed by atoms with Crippen molar-refractivity contribution in [3.63, 3.8) is 0 Å². The van der Waals surface area contributed by atoms with E-state index in [0.717, 1.165) is 17.5 Å². The monoisotopic (exact) mass is 249 g/mol. The highest BCUT2D eigenvalue weighted by Gasteiger charge is 2.44. The summed E-state index contributed by atoms with van der Waals surface area (Å²) in [7, 11) is 0. The zero-order chi connectivity index (χ0) is 12.2. The van der Waals surface area contributed by atoms with Gasteiger partial charge in [-0.15, -0.1) is 11.8 Å². The second-order valence-electron chi connectivity index (χ2n) is 5.53. The van der Waals surface area contributed by atoms with E-state index in [-0.39, 0.29) is 6.04 Å². The summed E-state index contributed by atoms with van der Waals surface area (Å²) in [5.41, 5.74) is 9.45. The molecule has 3 rings (SSSR count). The summed E-state index contributed by atoms with van der Waals surface area (Å²) >= 11 is 2.00. The fraction of sp³-hybridized carbons (Fsp3) is 0.571. The Morgan fingerprint density at radius 3 is 2.71 bits per heavy atom. The maximum Gasteiger partial charge on any atom is 0.121 e. The summed E-state index contributed by atoms with van der Waals surface area (Å²) in [6, 6.07) is 2.21. The molecule has 1 aromatic carbocycles. The van der Waals surface area contributed by atoms with Gasteiger partial charge in [-0.1, -0.05) is 6.42 Å². The third-order valence-electron chi connectivity index (χ3n) is 4.30. The van der Waals surface area contributed by atoms with Crippen LogP contribution in [0, 0.1) is 13.8 Å². The highest BCUT2D eigenvalue weighted by atomic mass is 32.2. The normalized spacial score (nSPS) is 25.5. The smallest absolute Gasteiger partial charge is 0.121 e. The van der Waals surface area contributed by atoms with Crippen LogP contribution in [0.5, 0.6) is 5.75 Å².